The normalized spacial score (nSPS) is 18.1. The molecule has 1 atom stereocenters. The van der Waals surface area contributed by atoms with Crippen LogP contribution in [0.25, 0.3) is 11.5 Å². The van der Waals surface area contributed by atoms with Gasteiger partial charge in [-0.3, -0.25) is 9.78 Å². The fraction of sp³-hybridized carbons (Fsp3) is 0.583. The average molecular weight is 425 g/mol. The molecule has 7 nitrogen and oxygen atoms in total. The van der Waals surface area contributed by atoms with Gasteiger partial charge < -0.3 is 14.4 Å². The van der Waals surface area contributed by atoms with Crippen LogP contribution in [-0.4, -0.2) is 53.6 Å². The van der Waals surface area contributed by atoms with Crippen LogP contribution in [0.2, 0.25) is 0 Å². The SMILES string of the molecule is CN(CC(=O)CC(C)(C)C)c1nc(-c2cc(O[C@@H]3CCOC3)ccn2)nc2c1CCC2. The first kappa shape index (κ1) is 21.7. The van der Waals surface area contributed by atoms with Gasteiger partial charge in [0.25, 0.3) is 0 Å². The minimum atomic E-state index is -0.0224. The molecule has 0 aromatic carbocycles. The Morgan fingerprint density at radius 1 is 1.29 bits per heavy atom. The number of nitrogens with zero attached hydrogens (tertiary/aromatic N) is 4. The third-order valence-corrected chi connectivity index (χ3v) is 5.57. The molecule has 1 aliphatic carbocycles. The second-order valence-electron chi connectivity index (χ2n) is 9.76. The van der Waals surface area contributed by atoms with Gasteiger partial charge in [0.05, 0.1) is 19.8 Å². The monoisotopic (exact) mass is 424 g/mol. The summed E-state index contributed by atoms with van der Waals surface area (Å²) < 4.78 is 11.4. The fourth-order valence-corrected chi connectivity index (χ4v) is 4.23. The van der Waals surface area contributed by atoms with E-state index in [1.807, 2.05) is 24.1 Å². The molecule has 0 N–H and O–H groups in total. The fourth-order valence-electron chi connectivity index (χ4n) is 4.23. The number of carbonyl (C=O) groups is 1. The van der Waals surface area contributed by atoms with Gasteiger partial charge in [0.1, 0.15) is 23.4 Å². The van der Waals surface area contributed by atoms with Crippen LogP contribution in [0.1, 0.15) is 51.3 Å². The summed E-state index contributed by atoms with van der Waals surface area (Å²) in [5.41, 5.74) is 2.88. The van der Waals surface area contributed by atoms with Crippen molar-refractivity contribution in [3.8, 4) is 17.3 Å². The summed E-state index contributed by atoms with van der Waals surface area (Å²) in [5.74, 6) is 2.39. The second-order valence-corrected chi connectivity index (χ2v) is 9.76. The van der Waals surface area contributed by atoms with Crippen molar-refractivity contribution in [3.63, 3.8) is 0 Å². The molecule has 31 heavy (non-hydrogen) atoms. The van der Waals surface area contributed by atoms with Crippen LogP contribution in [0.15, 0.2) is 18.3 Å². The summed E-state index contributed by atoms with van der Waals surface area (Å²) in [7, 11) is 1.94. The maximum absolute atomic E-state index is 12.6. The molecule has 0 radical (unpaired) electrons. The third-order valence-electron chi connectivity index (χ3n) is 5.57. The summed E-state index contributed by atoms with van der Waals surface area (Å²) >= 11 is 0. The first-order valence-corrected chi connectivity index (χ1v) is 11.1. The number of pyridine rings is 1. The highest BCUT2D eigenvalue weighted by molar-refractivity contribution is 5.84. The number of fused-ring (bicyclic) bond motifs is 1. The van der Waals surface area contributed by atoms with Crippen LogP contribution < -0.4 is 9.64 Å². The molecule has 0 spiro atoms. The van der Waals surface area contributed by atoms with Crippen molar-refractivity contribution < 1.29 is 14.3 Å². The summed E-state index contributed by atoms with van der Waals surface area (Å²) in [6.07, 6.45) is 6.17. The lowest BCUT2D eigenvalue weighted by Gasteiger charge is -2.23. The van der Waals surface area contributed by atoms with Gasteiger partial charge in [0, 0.05) is 43.4 Å². The third kappa shape index (κ3) is 5.39. The van der Waals surface area contributed by atoms with E-state index in [2.05, 4.69) is 25.8 Å². The summed E-state index contributed by atoms with van der Waals surface area (Å²) in [4.78, 5) is 28.7. The Labute approximate surface area is 184 Å². The molecule has 7 heteroatoms. The largest absolute Gasteiger partial charge is 0.488 e. The first-order chi connectivity index (χ1) is 14.8. The number of hydrogen-bond donors (Lipinski definition) is 0. The number of ketones is 1. The van der Waals surface area contributed by atoms with E-state index in [0.29, 0.717) is 31.1 Å². The molecule has 1 saturated heterocycles. The Hall–Kier alpha value is -2.54. The van der Waals surface area contributed by atoms with Gasteiger partial charge in [0.2, 0.25) is 0 Å². The maximum atomic E-state index is 12.6. The number of hydrogen-bond acceptors (Lipinski definition) is 7. The molecule has 0 saturated carbocycles. The molecule has 3 heterocycles. The van der Waals surface area contributed by atoms with Crippen molar-refractivity contribution in [1.29, 1.82) is 0 Å². The Kier molecular flexibility index (Phi) is 6.23. The van der Waals surface area contributed by atoms with Gasteiger partial charge in [-0.1, -0.05) is 20.8 Å². The van der Waals surface area contributed by atoms with Crippen LogP contribution in [0.5, 0.6) is 5.75 Å². The topological polar surface area (TPSA) is 77.4 Å². The molecule has 1 fully saturated rings. The maximum Gasteiger partial charge on any atom is 0.180 e. The molecule has 0 amide bonds. The van der Waals surface area contributed by atoms with Crippen molar-refractivity contribution in [2.24, 2.45) is 5.41 Å². The number of anilines is 1. The van der Waals surface area contributed by atoms with Gasteiger partial charge in [-0.2, -0.15) is 0 Å². The van der Waals surface area contributed by atoms with Crippen molar-refractivity contribution in [3.05, 3.63) is 29.6 Å². The number of ether oxygens (including phenoxy) is 2. The number of aromatic nitrogens is 3. The zero-order chi connectivity index (χ0) is 22.0. The lowest BCUT2D eigenvalue weighted by molar-refractivity contribution is -0.119. The van der Waals surface area contributed by atoms with Gasteiger partial charge in [0.15, 0.2) is 11.6 Å². The highest BCUT2D eigenvalue weighted by Gasteiger charge is 2.25. The lowest BCUT2D eigenvalue weighted by atomic mass is 9.90. The Morgan fingerprint density at radius 3 is 2.87 bits per heavy atom. The van der Waals surface area contributed by atoms with Crippen LogP contribution in [0.3, 0.4) is 0 Å². The zero-order valence-electron chi connectivity index (χ0n) is 19.0. The highest BCUT2D eigenvalue weighted by Crippen LogP contribution is 2.31. The van der Waals surface area contributed by atoms with Crippen molar-refractivity contribution >= 4 is 11.6 Å². The average Bonchev–Trinajstić information content (AvgIpc) is 3.37. The standard InChI is InChI=1S/C24H32N4O3/c1-24(2,3)13-16(29)14-28(4)23-19-6-5-7-20(19)26-22(27-23)21-12-17(8-10-25-21)31-18-9-11-30-15-18/h8,10,12,18H,5-7,9,11,13-15H2,1-4H3/t18-/m1/s1. The zero-order valence-corrected chi connectivity index (χ0v) is 19.0. The molecule has 0 unspecified atom stereocenters. The van der Waals surface area contributed by atoms with E-state index in [4.69, 9.17) is 19.4 Å². The van der Waals surface area contributed by atoms with E-state index in [1.54, 1.807) is 6.20 Å². The lowest BCUT2D eigenvalue weighted by Crippen LogP contribution is -2.30. The number of likely N-dealkylation sites (N-methyl/N-ethyl adjacent to an activating group) is 1. The van der Waals surface area contributed by atoms with E-state index in [1.165, 1.54) is 0 Å². The molecular weight excluding hydrogens is 392 g/mol. The predicted octanol–water partition coefficient (Wildman–Crippen LogP) is 3.64. The number of aryl methyl sites for hydroxylation is 1. The molecule has 166 valence electrons. The summed E-state index contributed by atoms with van der Waals surface area (Å²) in [6, 6.07) is 3.75. The van der Waals surface area contributed by atoms with Crippen molar-refractivity contribution in [2.45, 2.75) is 59.0 Å². The molecule has 4 rings (SSSR count). The first-order valence-electron chi connectivity index (χ1n) is 11.1. The molecule has 2 aromatic rings. The minimum Gasteiger partial charge on any atom is -0.488 e. The number of rotatable bonds is 7. The predicted molar refractivity (Wildman–Crippen MR) is 119 cm³/mol. The second kappa shape index (κ2) is 8.91. The molecular formula is C24H32N4O3. The van der Waals surface area contributed by atoms with Crippen molar-refractivity contribution in [1.82, 2.24) is 15.0 Å². The van der Waals surface area contributed by atoms with Crippen LogP contribution >= 0.6 is 0 Å². The van der Waals surface area contributed by atoms with Crippen molar-refractivity contribution in [2.75, 3.05) is 31.7 Å². The van der Waals surface area contributed by atoms with Gasteiger partial charge in [-0.25, -0.2) is 9.97 Å². The molecule has 0 bridgehead atoms. The molecule has 2 aliphatic rings. The summed E-state index contributed by atoms with van der Waals surface area (Å²) in [6.45, 7) is 7.96. The van der Waals surface area contributed by atoms with Gasteiger partial charge in [-0.05, 0) is 30.7 Å². The van der Waals surface area contributed by atoms with Gasteiger partial charge in [-0.15, -0.1) is 0 Å². The number of Topliss-reactive ketones (excluding diaryl/α,β-unsaturated/α-hetero) is 1. The Balaban J connectivity index is 1.59. The molecule has 2 aromatic heterocycles. The van der Waals surface area contributed by atoms with Crippen LogP contribution in [-0.2, 0) is 22.4 Å². The Bertz CT molecular complexity index is 948. The van der Waals surface area contributed by atoms with E-state index >= 15 is 0 Å². The van der Waals surface area contributed by atoms with E-state index < -0.39 is 0 Å². The van der Waals surface area contributed by atoms with Crippen LogP contribution in [0.4, 0.5) is 5.82 Å². The highest BCUT2D eigenvalue weighted by atomic mass is 16.5. The summed E-state index contributed by atoms with van der Waals surface area (Å²) in [5, 5.41) is 0. The quantitative estimate of drug-likeness (QED) is 0.671. The van der Waals surface area contributed by atoms with E-state index in [-0.39, 0.29) is 17.3 Å². The van der Waals surface area contributed by atoms with Gasteiger partial charge >= 0.3 is 0 Å². The minimum absolute atomic E-state index is 0.0224. The van der Waals surface area contributed by atoms with E-state index in [0.717, 1.165) is 55.1 Å². The smallest absolute Gasteiger partial charge is 0.180 e. The molecule has 1 aliphatic heterocycles. The number of carbonyl (C=O) groups excluding carboxylic acids is 1. The Morgan fingerprint density at radius 2 is 2.13 bits per heavy atom. The van der Waals surface area contributed by atoms with E-state index in [9.17, 15) is 4.79 Å². The van der Waals surface area contributed by atoms with Crippen LogP contribution in [0, 0.1) is 5.41 Å².